The Bertz CT molecular complexity index is 1110. The number of amides is 1. The highest BCUT2D eigenvalue weighted by molar-refractivity contribution is 5.80. The van der Waals surface area contributed by atoms with Crippen LogP contribution < -0.4 is 5.32 Å². The van der Waals surface area contributed by atoms with Crippen molar-refractivity contribution in [2.24, 2.45) is 0 Å². The SMILES string of the molecule is CCCCCCCCCCCCCC/C=C\CCCCCCCCC(O)C(=O)NC(CO)C(O)C(O)CCC/C=C/CC/C=C/CCCCCCCCCCCCCCCCCCCCCCCCC. The molecule has 0 aliphatic rings. The molecule has 6 nitrogen and oxygen atoms in total. The molecule has 0 saturated carbocycles. The smallest absolute Gasteiger partial charge is 0.249 e. The van der Waals surface area contributed by atoms with E-state index in [1.807, 2.05) is 0 Å². The fourth-order valence-electron chi connectivity index (χ4n) is 9.89. The molecule has 0 heterocycles. The lowest BCUT2D eigenvalue weighted by Crippen LogP contribution is -2.53. The van der Waals surface area contributed by atoms with E-state index in [0.717, 1.165) is 44.9 Å². The number of nitrogens with one attached hydrogen (secondary N) is 1. The Balaban J connectivity index is 3.64. The minimum Gasteiger partial charge on any atom is -0.394 e. The standard InChI is InChI=1S/C64H123NO5/c1-3-5-7-9-11-13-15-17-19-21-23-25-27-28-29-30-31-32-33-34-35-36-38-39-41-43-45-47-49-51-53-55-57-61(67)63(69)60(59-66)65-64(70)62(68)58-56-54-52-50-48-46-44-42-40-37-26-24-22-20-18-16-14-12-10-8-6-4-2/h40-43,49,51,60-63,66-69H,3-39,44-48,50,52-59H2,1-2H3,(H,65,70)/b42-40-,43-41+,51-49+. The van der Waals surface area contributed by atoms with Crippen LogP contribution in [-0.4, -0.2) is 57.3 Å². The fraction of sp³-hybridized carbons (Fsp3) is 0.891. The van der Waals surface area contributed by atoms with Gasteiger partial charge in [-0.25, -0.2) is 0 Å². The van der Waals surface area contributed by atoms with Gasteiger partial charge in [0.15, 0.2) is 0 Å². The van der Waals surface area contributed by atoms with E-state index in [9.17, 15) is 25.2 Å². The van der Waals surface area contributed by atoms with Crippen LogP contribution >= 0.6 is 0 Å². The summed E-state index contributed by atoms with van der Waals surface area (Å²) in [4.78, 5) is 12.6. The molecular formula is C64H123NO5. The van der Waals surface area contributed by atoms with Gasteiger partial charge in [0, 0.05) is 0 Å². The van der Waals surface area contributed by atoms with E-state index in [0.29, 0.717) is 19.3 Å². The Morgan fingerprint density at radius 3 is 0.900 bits per heavy atom. The van der Waals surface area contributed by atoms with Crippen molar-refractivity contribution in [3.05, 3.63) is 36.5 Å². The van der Waals surface area contributed by atoms with E-state index in [1.165, 1.54) is 257 Å². The highest BCUT2D eigenvalue weighted by Crippen LogP contribution is 2.18. The highest BCUT2D eigenvalue weighted by Gasteiger charge is 2.28. The number of carbonyl (C=O) groups is 1. The molecule has 0 aromatic rings. The van der Waals surface area contributed by atoms with Crippen LogP contribution in [0.3, 0.4) is 0 Å². The Hall–Kier alpha value is -1.47. The molecule has 0 aliphatic heterocycles. The molecule has 6 heteroatoms. The van der Waals surface area contributed by atoms with Gasteiger partial charge in [-0.05, 0) is 77.0 Å². The van der Waals surface area contributed by atoms with Crippen molar-refractivity contribution in [2.45, 2.75) is 359 Å². The summed E-state index contributed by atoms with van der Waals surface area (Å²) in [5.74, 6) is -0.598. The summed E-state index contributed by atoms with van der Waals surface area (Å²) < 4.78 is 0. The van der Waals surface area contributed by atoms with Crippen LogP contribution in [0, 0.1) is 0 Å². The van der Waals surface area contributed by atoms with Gasteiger partial charge in [-0.1, -0.05) is 294 Å². The molecule has 0 spiro atoms. The molecule has 70 heavy (non-hydrogen) atoms. The maximum atomic E-state index is 12.6. The zero-order valence-electron chi connectivity index (χ0n) is 47.0. The van der Waals surface area contributed by atoms with Crippen LogP contribution in [0.4, 0.5) is 0 Å². The average molecular weight is 987 g/mol. The molecule has 1 amide bonds. The lowest BCUT2D eigenvalue weighted by Gasteiger charge is -2.27. The Morgan fingerprint density at radius 1 is 0.343 bits per heavy atom. The largest absolute Gasteiger partial charge is 0.394 e. The summed E-state index contributed by atoms with van der Waals surface area (Å²) in [7, 11) is 0. The number of carbonyl (C=O) groups excluding carboxylic acids is 1. The van der Waals surface area contributed by atoms with Crippen LogP contribution in [-0.2, 0) is 4.79 Å². The zero-order chi connectivity index (χ0) is 50.9. The van der Waals surface area contributed by atoms with Crippen molar-refractivity contribution in [3.63, 3.8) is 0 Å². The lowest BCUT2D eigenvalue weighted by molar-refractivity contribution is -0.132. The molecule has 0 rings (SSSR count). The van der Waals surface area contributed by atoms with Crippen LogP contribution in [0.2, 0.25) is 0 Å². The van der Waals surface area contributed by atoms with Crippen molar-refractivity contribution in [2.75, 3.05) is 6.61 Å². The second-order valence-corrected chi connectivity index (χ2v) is 21.7. The Kier molecular flexibility index (Phi) is 57.2. The van der Waals surface area contributed by atoms with Crippen molar-refractivity contribution in [1.29, 1.82) is 0 Å². The molecule has 0 aromatic carbocycles. The van der Waals surface area contributed by atoms with Gasteiger partial charge < -0.3 is 25.7 Å². The normalized spacial score (nSPS) is 13.9. The quantitative estimate of drug-likeness (QED) is 0.0308. The molecule has 0 saturated heterocycles. The van der Waals surface area contributed by atoms with E-state index in [1.54, 1.807) is 0 Å². The minimum atomic E-state index is -1.29. The maximum absolute atomic E-state index is 12.6. The van der Waals surface area contributed by atoms with E-state index >= 15 is 0 Å². The second kappa shape index (κ2) is 58.4. The van der Waals surface area contributed by atoms with Gasteiger partial charge in [0.05, 0.1) is 18.8 Å². The van der Waals surface area contributed by atoms with E-state index in [2.05, 4.69) is 55.6 Å². The number of allylic oxidation sites excluding steroid dienone is 6. The molecule has 0 aromatic heterocycles. The maximum Gasteiger partial charge on any atom is 0.249 e. The molecule has 0 radical (unpaired) electrons. The molecule has 4 unspecified atom stereocenters. The minimum absolute atomic E-state index is 0.353. The predicted molar refractivity (Wildman–Crippen MR) is 307 cm³/mol. The number of rotatable bonds is 58. The van der Waals surface area contributed by atoms with Crippen LogP contribution in [0.25, 0.3) is 0 Å². The first-order valence-electron chi connectivity index (χ1n) is 31.4. The third-order valence-corrected chi connectivity index (χ3v) is 14.8. The highest BCUT2D eigenvalue weighted by atomic mass is 16.3. The van der Waals surface area contributed by atoms with Gasteiger partial charge in [-0.15, -0.1) is 0 Å². The summed E-state index contributed by atoms with van der Waals surface area (Å²) >= 11 is 0. The van der Waals surface area contributed by atoms with Gasteiger partial charge in [0.2, 0.25) is 5.91 Å². The summed E-state index contributed by atoms with van der Waals surface area (Å²) in [5.41, 5.74) is 0. The first kappa shape index (κ1) is 68.5. The average Bonchev–Trinajstić information content (AvgIpc) is 3.36. The summed E-state index contributed by atoms with van der Waals surface area (Å²) in [6, 6.07) is -1.01. The lowest BCUT2D eigenvalue weighted by atomic mass is 10.00. The molecule has 4 atom stereocenters. The first-order chi connectivity index (χ1) is 34.5. The van der Waals surface area contributed by atoms with Crippen LogP contribution in [0.15, 0.2) is 36.5 Å². The van der Waals surface area contributed by atoms with E-state index in [4.69, 9.17) is 0 Å². The first-order valence-corrected chi connectivity index (χ1v) is 31.4. The number of hydrogen-bond donors (Lipinski definition) is 5. The van der Waals surface area contributed by atoms with Crippen molar-refractivity contribution >= 4 is 5.91 Å². The van der Waals surface area contributed by atoms with Crippen LogP contribution in [0.5, 0.6) is 0 Å². The summed E-state index contributed by atoms with van der Waals surface area (Å²) in [6.07, 6.45) is 73.9. The van der Waals surface area contributed by atoms with Crippen LogP contribution in [0.1, 0.15) is 335 Å². The number of aliphatic hydroxyl groups is 4. The number of hydrogen-bond acceptors (Lipinski definition) is 5. The van der Waals surface area contributed by atoms with Crippen molar-refractivity contribution < 1.29 is 25.2 Å². The van der Waals surface area contributed by atoms with Crippen molar-refractivity contribution in [1.82, 2.24) is 5.32 Å². The van der Waals surface area contributed by atoms with Gasteiger partial charge in [-0.3, -0.25) is 4.79 Å². The van der Waals surface area contributed by atoms with Gasteiger partial charge in [-0.2, -0.15) is 0 Å². The third kappa shape index (κ3) is 51.4. The third-order valence-electron chi connectivity index (χ3n) is 14.8. The molecule has 0 bridgehead atoms. The molecule has 414 valence electrons. The monoisotopic (exact) mass is 986 g/mol. The van der Waals surface area contributed by atoms with Gasteiger partial charge in [0.25, 0.3) is 0 Å². The van der Waals surface area contributed by atoms with E-state index < -0.39 is 36.9 Å². The summed E-state index contributed by atoms with van der Waals surface area (Å²) in [6.45, 7) is 4.08. The van der Waals surface area contributed by atoms with Gasteiger partial charge >= 0.3 is 0 Å². The number of unbranched alkanes of at least 4 members (excludes halogenated alkanes) is 43. The fourth-order valence-corrected chi connectivity index (χ4v) is 9.89. The molecule has 5 N–H and O–H groups in total. The summed E-state index contributed by atoms with van der Waals surface area (Å²) in [5, 5.41) is 44.0. The Morgan fingerprint density at radius 2 is 0.600 bits per heavy atom. The topological polar surface area (TPSA) is 110 Å². The molecule has 0 fully saturated rings. The van der Waals surface area contributed by atoms with Crippen molar-refractivity contribution in [3.8, 4) is 0 Å². The molecule has 0 aliphatic carbocycles. The zero-order valence-corrected chi connectivity index (χ0v) is 47.0. The second-order valence-electron chi connectivity index (χ2n) is 21.7. The number of aliphatic hydroxyl groups excluding tert-OH is 4. The Labute approximate surface area is 437 Å². The van der Waals surface area contributed by atoms with Gasteiger partial charge in [0.1, 0.15) is 12.2 Å². The predicted octanol–water partition coefficient (Wildman–Crippen LogP) is 18.8. The molecular weight excluding hydrogens is 863 g/mol. The van der Waals surface area contributed by atoms with E-state index in [-0.39, 0.29) is 0 Å².